The van der Waals surface area contributed by atoms with Crippen LogP contribution >= 0.6 is 0 Å². The molecule has 1 rings (SSSR count). The molecule has 0 aromatic heterocycles. The van der Waals surface area contributed by atoms with Crippen molar-refractivity contribution < 1.29 is 4.92 Å². The fourth-order valence-corrected chi connectivity index (χ4v) is 2.09. The molecule has 0 spiro atoms. The smallest absolute Gasteiger partial charge is 0.274 e. The fourth-order valence-electron chi connectivity index (χ4n) is 2.09. The van der Waals surface area contributed by atoms with Gasteiger partial charge in [-0.1, -0.05) is 36.8 Å². The molecule has 4 N–H and O–H groups in total. The van der Waals surface area contributed by atoms with Crippen LogP contribution in [0, 0.1) is 10.1 Å². The Bertz CT molecular complexity index is 449. The van der Waals surface area contributed by atoms with Gasteiger partial charge < -0.3 is 16.4 Å². The van der Waals surface area contributed by atoms with Crippen LogP contribution < -0.4 is 16.4 Å². The van der Waals surface area contributed by atoms with Gasteiger partial charge in [0.2, 0.25) is 0 Å². The van der Waals surface area contributed by atoms with Crippen molar-refractivity contribution in [2.45, 2.75) is 32.1 Å². The Labute approximate surface area is 131 Å². The maximum absolute atomic E-state index is 10.6. The lowest BCUT2D eigenvalue weighted by atomic mass is 10.1. The minimum absolute atomic E-state index is 0.438. The van der Waals surface area contributed by atoms with Crippen molar-refractivity contribution in [3.8, 4) is 0 Å². The third-order valence-corrected chi connectivity index (χ3v) is 3.23. The summed E-state index contributed by atoms with van der Waals surface area (Å²) in [5.41, 5.74) is 6.71. The number of hydrogen-bond donors (Lipinski definition) is 3. The lowest BCUT2D eigenvalue weighted by Crippen LogP contribution is -2.29. The summed E-state index contributed by atoms with van der Waals surface area (Å²) in [5, 5.41) is 16.8. The Hall–Kier alpha value is -2.08. The van der Waals surface area contributed by atoms with Crippen molar-refractivity contribution in [3.05, 3.63) is 58.0 Å². The summed E-state index contributed by atoms with van der Waals surface area (Å²) in [6.45, 7) is 2.10. The standard InChI is InChI=1S/C16H26N4O2/c17-11-5-2-6-12-18-16(14-20(21)22)19-13-7-10-15-8-3-1-4-9-15/h1,3-4,8-9,14,18-19H,2,5-7,10-13,17H2. The maximum atomic E-state index is 10.6. The number of benzene rings is 1. The first-order valence-corrected chi connectivity index (χ1v) is 7.79. The molecule has 0 saturated carbocycles. The summed E-state index contributed by atoms with van der Waals surface area (Å²) in [6, 6.07) is 10.2. The molecule has 0 amide bonds. The number of rotatable bonds is 12. The topological polar surface area (TPSA) is 93.2 Å². The minimum Gasteiger partial charge on any atom is -0.367 e. The van der Waals surface area contributed by atoms with E-state index in [1.165, 1.54) is 5.56 Å². The van der Waals surface area contributed by atoms with Crippen molar-refractivity contribution in [2.24, 2.45) is 5.73 Å². The van der Waals surface area contributed by atoms with Crippen molar-refractivity contribution in [2.75, 3.05) is 19.6 Å². The Balaban J connectivity index is 2.25. The maximum Gasteiger partial charge on any atom is 0.274 e. The van der Waals surface area contributed by atoms with Gasteiger partial charge in [0, 0.05) is 13.1 Å². The highest BCUT2D eigenvalue weighted by molar-refractivity contribution is 5.14. The first-order valence-electron chi connectivity index (χ1n) is 7.79. The van der Waals surface area contributed by atoms with E-state index in [0.29, 0.717) is 25.5 Å². The van der Waals surface area contributed by atoms with E-state index in [4.69, 9.17) is 5.73 Å². The van der Waals surface area contributed by atoms with E-state index in [0.717, 1.165) is 38.3 Å². The summed E-state index contributed by atoms with van der Waals surface area (Å²) < 4.78 is 0. The highest BCUT2D eigenvalue weighted by Gasteiger charge is 2.02. The average Bonchev–Trinajstić information content (AvgIpc) is 2.51. The number of unbranched alkanes of at least 4 members (excludes halogenated alkanes) is 2. The van der Waals surface area contributed by atoms with Gasteiger partial charge >= 0.3 is 0 Å². The van der Waals surface area contributed by atoms with Gasteiger partial charge in [-0.25, -0.2) is 0 Å². The number of nitrogens with zero attached hydrogens (tertiary/aromatic N) is 1. The van der Waals surface area contributed by atoms with E-state index in [1.54, 1.807) is 0 Å². The second-order valence-electron chi connectivity index (χ2n) is 5.12. The van der Waals surface area contributed by atoms with Crippen LogP contribution in [-0.4, -0.2) is 24.6 Å². The molecule has 0 radical (unpaired) electrons. The van der Waals surface area contributed by atoms with Crippen molar-refractivity contribution >= 4 is 0 Å². The van der Waals surface area contributed by atoms with Gasteiger partial charge in [0.05, 0.1) is 4.92 Å². The van der Waals surface area contributed by atoms with Gasteiger partial charge in [-0.05, 0) is 37.8 Å². The first kappa shape index (κ1) is 18.0. The minimum atomic E-state index is -0.438. The molecule has 0 saturated heterocycles. The zero-order valence-electron chi connectivity index (χ0n) is 13.0. The summed E-state index contributed by atoms with van der Waals surface area (Å²) in [6.07, 6.45) is 5.84. The monoisotopic (exact) mass is 306 g/mol. The van der Waals surface area contributed by atoms with Crippen LogP contribution in [0.4, 0.5) is 0 Å². The molecule has 0 atom stereocenters. The fraction of sp³-hybridized carbons (Fsp3) is 0.500. The molecule has 0 bridgehead atoms. The van der Waals surface area contributed by atoms with Crippen molar-refractivity contribution in [1.82, 2.24) is 10.6 Å². The van der Waals surface area contributed by atoms with Crippen LogP contribution in [-0.2, 0) is 6.42 Å². The number of nitrogens with two attached hydrogens (primary N) is 1. The molecule has 6 heteroatoms. The molecule has 22 heavy (non-hydrogen) atoms. The second-order valence-corrected chi connectivity index (χ2v) is 5.12. The molecule has 1 aromatic rings. The zero-order valence-corrected chi connectivity index (χ0v) is 13.0. The van der Waals surface area contributed by atoms with Gasteiger partial charge in [0.15, 0.2) is 5.82 Å². The Morgan fingerprint density at radius 3 is 2.41 bits per heavy atom. The van der Waals surface area contributed by atoms with E-state index >= 15 is 0 Å². The molecule has 0 aliphatic rings. The van der Waals surface area contributed by atoms with Gasteiger partial charge in [-0.3, -0.25) is 10.1 Å². The lowest BCUT2D eigenvalue weighted by Gasteiger charge is -2.11. The van der Waals surface area contributed by atoms with E-state index in [2.05, 4.69) is 22.8 Å². The predicted molar refractivity (Wildman–Crippen MR) is 88.8 cm³/mol. The number of hydrogen-bond acceptors (Lipinski definition) is 5. The van der Waals surface area contributed by atoms with E-state index in [1.807, 2.05) is 18.2 Å². The molecule has 6 nitrogen and oxygen atoms in total. The largest absolute Gasteiger partial charge is 0.367 e. The third kappa shape index (κ3) is 8.97. The van der Waals surface area contributed by atoms with Crippen LogP contribution in [0.5, 0.6) is 0 Å². The van der Waals surface area contributed by atoms with Crippen LogP contribution in [0.1, 0.15) is 31.2 Å². The van der Waals surface area contributed by atoms with Crippen LogP contribution in [0.25, 0.3) is 0 Å². The number of aryl methyl sites for hydroxylation is 1. The molecule has 1 aromatic carbocycles. The quantitative estimate of drug-likeness (QED) is 0.312. The van der Waals surface area contributed by atoms with E-state index in [9.17, 15) is 10.1 Å². The first-order chi connectivity index (χ1) is 10.7. The normalized spacial score (nSPS) is 11.2. The van der Waals surface area contributed by atoms with Crippen molar-refractivity contribution in [3.63, 3.8) is 0 Å². The number of nitro groups is 1. The van der Waals surface area contributed by atoms with Gasteiger partial charge in [-0.2, -0.15) is 0 Å². The van der Waals surface area contributed by atoms with Crippen LogP contribution in [0.3, 0.4) is 0 Å². The zero-order chi connectivity index (χ0) is 16.0. The Kier molecular flexibility index (Phi) is 9.45. The molecule has 0 unspecified atom stereocenters. The lowest BCUT2D eigenvalue weighted by molar-refractivity contribution is -0.404. The summed E-state index contributed by atoms with van der Waals surface area (Å²) in [4.78, 5) is 10.2. The van der Waals surface area contributed by atoms with Gasteiger partial charge in [-0.15, -0.1) is 0 Å². The van der Waals surface area contributed by atoms with Crippen LogP contribution in [0.15, 0.2) is 42.4 Å². The van der Waals surface area contributed by atoms with Gasteiger partial charge in [0.1, 0.15) is 0 Å². The predicted octanol–water partition coefficient (Wildman–Crippen LogP) is 2.00. The molecule has 0 heterocycles. The summed E-state index contributed by atoms with van der Waals surface area (Å²) in [5.74, 6) is 0.478. The third-order valence-electron chi connectivity index (χ3n) is 3.23. The molecule has 0 fully saturated rings. The Morgan fingerprint density at radius 1 is 1.09 bits per heavy atom. The summed E-state index contributed by atoms with van der Waals surface area (Å²) in [7, 11) is 0. The highest BCUT2D eigenvalue weighted by atomic mass is 16.6. The molecule has 122 valence electrons. The van der Waals surface area contributed by atoms with Crippen molar-refractivity contribution in [1.29, 1.82) is 0 Å². The highest BCUT2D eigenvalue weighted by Crippen LogP contribution is 2.02. The molecule has 0 aliphatic heterocycles. The second kappa shape index (κ2) is 11.6. The molecule has 0 aliphatic carbocycles. The molecular formula is C16H26N4O2. The SMILES string of the molecule is NCCCCCNC(=C[N+](=O)[O-])NCCCc1ccccc1. The van der Waals surface area contributed by atoms with E-state index < -0.39 is 4.92 Å². The average molecular weight is 306 g/mol. The van der Waals surface area contributed by atoms with Crippen LogP contribution in [0.2, 0.25) is 0 Å². The van der Waals surface area contributed by atoms with Gasteiger partial charge in [0.25, 0.3) is 6.20 Å². The Morgan fingerprint density at radius 2 is 1.77 bits per heavy atom. The molecular weight excluding hydrogens is 280 g/mol. The number of nitrogens with one attached hydrogen (secondary N) is 2. The summed E-state index contributed by atoms with van der Waals surface area (Å²) >= 11 is 0. The van der Waals surface area contributed by atoms with E-state index in [-0.39, 0.29) is 0 Å².